The normalized spacial score (nSPS) is 19.5. The average molecular weight is 336 g/mol. The van der Waals surface area contributed by atoms with E-state index < -0.39 is 27.7 Å². The van der Waals surface area contributed by atoms with Crippen LogP contribution in [-0.4, -0.2) is 38.1 Å². The molecule has 1 aliphatic rings. The summed E-state index contributed by atoms with van der Waals surface area (Å²) < 4.78 is 59.5. The Balaban J connectivity index is 2.04. The van der Waals surface area contributed by atoms with E-state index in [1.165, 1.54) is 4.90 Å². The molecule has 0 aliphatic carbocycles. The maximum atomic E-state index is 12.5. The fraction of sp³-hybridized carbons (Fsp3) is 0.462. The van der Waals surface area contributed by atoms with Gasteiger partial charge < -0.3 is 4.90 Å². The van der Waals surface area contributed by atoms with Gasteiger partial charge in [0.1, 0.15) is 0 Å². The van der Waals surface area contributed by atoms with Crippen molar-refractivity contribution in [1.82, 2.24) is 4.90 Å². The first-order chi connectivity index (χ1) is 10.1. The molecular formula is C13H15F3N2O3S. The van der Waals surface area contributed by atoms with Crippen LogP contribution >= 0.6 is 0 Å². The Labute approximate surface area is 125 Å². The summed E-state index contributed by atoms with van der Waals surface area (Å²) in [7, 11) is -3.61. The van der Waals surface area contributed by atoms with Crippen molar-refractivity contribution in [3.8, 4) is 0 Å². The van der Waals surface area contributed by atoms with Crippen LogP contribution in [0.25, 0.3) is 0 Å². The zero-order valence-corrected chi connectivity index (χ0v) is 12.3. The van der Waals surface area contributed by atoms with Gasteiger partial charge in [-0.15, -0.1) is 0 Å². The van der Waals surface area contributed by atoms with Crippen molar-refractivity contribution in [3.63, 3.8) is 0 Å². The van der Waals surface area contributed by atoms with Crippen LogP contribution in [0.5, 0.6) is 0 Å². The van der Waals surface area contributed by atoms with Gasteiger partial charge in [-0.2, -0.15) is 13.2 Å². The zero-order valence-electron chi connectivity index (χ0n) is 11.5. The highest BCUT2D eigenvalue weighted by atomic mass is 32.2. The van der Waals surface area contributed by atoms with Crippen molar-refractivity contribution in [3.05, 3.63) is 35.4 Å². The number of halogens is 3. The average Bonchev–Trinajstić information content (AvgIpc) is 2.83. The summed E-state index contributed by atoms with van der Waals surface area (Å²) in [6.07, 6.45) is -3.95. The van der Waals surface area contributed by atoms with Crippen molar-refractivity contribution < 1.29 is 26.4 Å². The van der Waals surface area contributed by atoms with Gasteiger partial charge in [-0.1, -0.05) is 0 Å². The highest BCUT2D eigenvalue weighted by Crippen LogP contribution is 2.29. The zero-order chi connectivity index (χ0) is 16.5. The van der Waals surface area contributed by atoms with E-state index in [1.54, 1.807) is 0 Å². The quantitative estimate of drug-likeness (QED) is 0.907. The second kappa shape index (κ2) is 5.88. The first-order valence-electron chi connectivity index (χ1n) is 6.53. The molecular weight excluding hydrogens is 321 g/mol. The second-order valence-electron chi connectivity index (χ2n) is 5.31. The SMILES string of the molecule is NS(=O)(=O)C[C@@H]1CCN(C(=O)c2ccc(C(F)(F)F)cc2)C1. The number of nitrogens with two attached hydrogens (primary N) is 1. The number of carbonyl (C=O) groups excluding carboxylic acids is 1. The van der Waals surface area contributed by atoms with Crippen molar-refractivity contribution >= 4 is 15.9 Å². The largest absolute Gasteiger partial charge is 0.416 e. The lowest BCUT2D eigenvalue weighted by atomic mass is 10.1. The van der Waals surface area contributed by atoms with Crippen LogP contribution in [0.1, 0.15) is 22.3 Å². The first kappa shape index (κ1) is 16.8. The predicted molar refractivity (Wildman–Crippen MR) is 73.4 cm³/mol. The summed E-state index contributed by atoms with van der Waals surface area (Å²) in [6.45, 7) is 0.594. The van der Waals surface area contributed by atoms with E-state index in [0.29, 0.717) is 13.0 Å². The third-order valence-corrected chi connectivity index (χ3v) is 4.44. The summed E-state index contributed by atoms with van der Waals surface area (Å²) in [5.74, 6) is -0.858. The topological polar surface area (TPSA) is 80.5 Å². The fourth-order valence-corrected chi connectivity index (χ4v) is 3.40. The number of alkyl halides is 3. The molecule has 0 radical (unpaired) electrons. The molecule has 5 nitrogen and oxygen atoms in total. The summed E-state index contributed by atoms with van der Waals surface area (Å²) in [5.41, 5.74) is -0.679. The van der Waals surface area contributed by atoms with E-state index in [2.05, 4.69) is 0 Å². The molecule has 9 heteroatoms. The van der Waals surface area contributed by atoms with E-state index >= 15 is 0 Å². The number of primary sulfonamides is 1. The standard InChI is InChI=1S/C13H15F3N2O3S/c14-13(15,16)11-3-1-10(2-4-11)12(19)18-6-5-9(7-18)8-22(17,20)21/h1-4,9H,5-8H2,(H2,17,20,21)/t9-/m1/s1. The molecule has 0 bridgehead atoms. The Morgan fingerprint density at radius 1 is 1.27 bits per heavy atom. The van der Waals surface area contributed by atoms with Crippen molar-refractivity contribution in [2.45, 2.75) is 12.6 Å². The number of amides is 1. The maximum Gasteiger partial charge on any atom is 0.416 e. The van der Waals surface area contributed by atoms with Gasteiger partial charge in [0.05, 0.1) is 11.3 Å². The number of hydrogen-bond donors (Lipinski definition) is 1. The lowest BCUT2D eigenvalue weighted by molar-refractivity contribution is -0.137. The van der Waals surface area contributed by atoms with Crippen LogP contribution in [0.3, 0.4) is 0 Å². The van der Waals surface area contributed by atoms with Crippen molar-refractivity contribution in [1.29, 1.82) is 0 Å². The van der Waals surface area contributed by atoms with Gasteiger partial charge in [-0.05, 0) is 36.6 Å². The summed E-state index contributed by atoms with van der Waals surface area (Å²) in [6, 6.07) is 3.95. The van der Waals surface area contributed by atoms with Gasteiger partial charge in [0.15, 0.2) is 0 Å². The Morgan fingerprint density at radius 2 is 1.86 bits per heavy atom. The molecule has 22 heavy (non-hydrogen) atoms. The van der Waals surface area contributed by atoms with Crippen molar-refractivity contribution in [2.75, 3.05) is 18.8 Å². The third kappa shape index (κ3) is 4.20. The number of sulfonamides is 1. The van der Waals surface area contributed by atoms with Crippen LogP contribution in [0.4, 0.5) is 13.2 Å². The molecule has 1 atom stereocenters. The number of rotatable bonds is 3. The molecule has 0 aromatic heterocycles. The first-order valence-corrected chi connectivity index (χ1v) is 8.25. The van der Waals surface area contributed by atoms with Gasteiger partial charge in [0.25, 0.3) is 5.91 Å². The molecule has 1 aromatic carbocycles. The van der Waals surface area contributed by atoms with Crippen LogP contribution in [-0.2, 0) is 16.2 Å². The third-order valence-electron chi connectivity index (χ3n) is 3.50. The molecule has 1 aromatic rings. The smallest absolute Gasteiger partial charge is 0.338 e. The Hall–Kier alpha value is -1.61. The fourth-order valence-electron chi connectivity index (χ4n) is 2.47. The van der Waals surface area contributed by atoms with E-state index in [9.17, 15) is 26.4 Å². The number of benzene rings is 1. The van der Waals surface area contributed by atoms with Gasteiger partial charge in [0, 0.05) is 18.7 Å². The Kier molecular flexibility index (Phi) is 4.48. The van der Waals surface area contributed by atoms with Gasteiger partial charge in [-0.3, -0.25) is 4.79 Å². The molecule has 0 unspecified atom stereocenters. The molecule has 122 valence electrons. The van der Waals surface area contributed by atoms with Crippen molar-refractivity contribution in [2.24, 2.45) is 11.1 Å². The van der Waals surface area contributed by atoms with Gasteiger partial charge in [0.2, 0.25) is 10.0 Å². The molecule has 2 rings (SSSR count). The highest BCUT2D eigenvalue weighted by molar-refractivity contribution is 7.89. The van der Waals surface area contributed by atoms with Gasteiger partial charge >= 0.3 is 6.18 Å². The second-order valence-corrected chi connectivity index (χ2v) is 6.97. The lowest BCUT2D eigenvalue weighted by Gasteiger charge is -2.17. The summed E-state index contributed by atoms with van der Waals surface area (Å²) in [5, 5.41) is 4.97. The minimum atomic E-state index is -4.45. The number of nitrogens with zero attached hydrogens (tertiary/aromatic N) is 1. The van der Waals surface area contributed by atoms with Crippen LogP contribution in [0.2, 0.25) is 0 Å². The number of hydrogen-bond acceptors (Lipinski definition) is 3. The predicted octanol–water partition coefficient (Wildman–Crippen LogP) is 1.46. The van der Waals surface area contributed by atoms with Crippen LogP contribution < -0.4 is 5.14 Å². The molecule has 1 heterocycles. The molecule has 2 N–H and O–H groups in total. The van der Waals surface area contributed by atoms with Crippen LogP contribution in [0.15, 0.2) is 24.3 Å². The lowest BCUT2D eigenvalue weighted by Crippen LogP contribution is -2.30. The Morgan fingerprint density at radius 3 is 2.36 bits per heavy atom. The molecule has 0 saturated carbocycles. The summed E-state index contributed by atoms with van der Waals surface area (Å²) in [4.78, 5) is 13.6. The molecule has 1 amide bonds. The van der Waals surface area contributed by atoms with Gasteiger partial charge in [-0.25, -0.2) is 13.6 Å². The number of carbonyl (C=O) groups is 1. The molecule has 1 fully saturated rings. The Bertz CT molecular complexity index is 656. The monoisotopic (exact) mass is 336 g/mol. The highest BCUT2D eigenvalue weighted by Gasteiger charge is 2.32. The van der Waals surface area contributed by atoms with E-state index in [0.717, 1.165) is 24.3 Å². The molecule has 1 aliphatic heterocycles. The van der Waals surface area contributed by atoms with E-state index in [-0.39, 0.29) is 23.8 Å². The maximum absolute atomic E-state index is 12.5. The van der Waals surface area contributed by atoms with Crippen LogP contribution in [0, 0.1) is 5.92 Å². The minimum Gasteiger partial charge on any atom is -0.338 e. The minimum absolute atomic E-state index is 0.143. The van der Waals surface area contributed by atoms with E-state index in [1.807, 2.05) is 0 Å². The van der Waals surface area contributed by atoms with E-state index in [4.69, 9.17) is 5.14 Å². The molecule has 1 saturated heterocycles. The molecule has 0 spiro atoms. The number of likely N-dealkylation sites (tertiary alicyclic amines) is 1. The summed E-state index contributed by atoms with van der Waals surface area (Å²) >= 11 is 0.